The van der Waals surface area contributed by atoms with E-state index < -0.39 is 18.2 Å². The van der Waals surface area contributed by atoms with Crippen molar-refractivity contribution < 1.29 is 13.9 Å². The van der Waals surface area contributed by atoms with Gasteiger partial charge in [0.2, 0.25) is 5.95 Å². The molecular formula is C23H18F2N6O2. The third kappa shape index (κ3) is 3.67. The van der Waals surface area contributed by atoms with Crippen molar-refractivity contribution in [2.45, 2.75) is 25.8 Å². The molecule has 0 saturated heterocycles. The molecule has 0 bridgehead atoms. The Kier molecular flexibility index (Phi) is 5.78. The number of nitrogens with zero attached hydrogens (tertiary/aromatic N) is 5. The molecule has 0 radical (unpaired) electrons. The van der Waals surface area contributed by atoms with Crippen LogP contribution in [0.25, 0.3) is 0 Å². The van der Waals surface area contributed by atoms with E-state index in [0.29, 0.717) is 28.1 Å². The third-order valence-electron chi connectivity index (χ3n) is 5.59. The number of alkyl halides is 2. The highest BCUT2D eigenvalue weighted by Crippen LogP contribution is 2.42. The molecule has 0 spiro atoms. The van der Waals surface area contributed by atoms with E-state index in [1.54, 1.807) is 31.2 Å². The van der Waals surface area contributed by atoms with Gasteiger partial charge in [-0.15, -0.1) is 5.10 Å². The van der Waals surface area contributed by atoms with Gasteiger partial charge in [0.1, 0.15) is 6.04 Å². The van der Waals surface area contributed by atoms with E-state index in [-0.39, 0.29) is 30.1 Å². The minimum atomic E-state index is -2.69. The van der Waals surface area contributed by atoms with Gasteiger partial charge in [-0.05, 0) is 48.7 Å². The summed E-state index contributed by atoms with van der Waals surface area (Å²) in [5.74, 6) is 0.132. The lowest BCUT2D eigenvalue weighted by atomic mass is 9.90. The maximum atomic E-state index is 13.3. The SMILES string of the molecule is CC1=C(C#N)[C@H](c2ccc(C#N)cc2CCO)n2c(n[nH]c2=O)N1c1cccc(C(F)F)c1. The first-order valence-corrected chi connectivity index (χ1v) is 10.0. The summed E-state index contributed by atoms with van der Waals surface area (Å²) < 4.78 is 27.9. The number of rotatable bonds is 5. The number of allylic oxidation sites excluding steroid dienone is 2. The summed E-state index contributed by atoms with van der Waals surface area (Å²) in [5.41, 5.74) is 1.69. The topological polar surface area (TPSA) is 122 Å². The van der Waals surface area contributed by atoms with Gasteiger partial charge in [-0.1, -0.05) is 18.2 Å². The summed E-state index contributed by atoms with van der Waals surface area (Å²) in [6.45, 7) is 1.46. The highest BCUT2D eigenvalue weighted by Gasteiger charge is 2.37. The number of nitrogens with one attached hydrogen (secondary N) is 1. The van der Waals surface area contributed by atoms with Crippen LogP contribution in [-0.2, 0) is 6.42 Å². The number of aromatic nitrogens is 3. The number of anilines is 2. The average Bonchev–Trinajstić information content (AvgIpc) is 3.19. The largest absolute Gasteiger partial charge is 0.396 e. The Labute approximate surface area is 187 Å². The standard InChI is InChI=1S/C23H18F2N6O2/c1-13-19(12-27)20(18-6-5-14(11-26)9-15(18)7-8-32)31-22(28-29-23(31)33)30(13)17-4-2-3-16(10-17)21(24)25/h2-6,9-10,20-21,32H,7-8H2,1H3,(H,29,33)/t20-/m0/s1. The second kappa shape index (κ2) is 8.69. The number of aliphatic hydroxyl groups is 1. The number of hydrogen-bond donors (Lipinski definition) is 2. The molecule has 1 aromatic heterocycles. The monoisotopic (exact) mass is 448 g/mol. The molecule has 2 N–H and O–H groups in total. The van der Waals surface area contributed by atoms with Gasteiger partial charge in [0.15, 0.2) is 0 Å². The van der Waals surface area contributed by atoms with Crippen LogP contribution < -0.4 is 10.6 Å². The molecule has 166 valence electrons. The molecule has 1 aliphatic rings. The molecule has 1 atom stereocenters. The van der Waals surface area contributed by atoms with Crippen molar-refractivity contribution in [3.8, 4) is 12.1 Å². The first kappa shape index (κ1) is 21.9. The van der Waals surface area contributed by atoms with Crippen molar-refractivity contribution in [3.05, 3.63) is 86.5 Å². The van der Waals surface area contributed by atoms with Crippen molar-refractivity contribution in [1.82, 2.24) is 14.8 Å². The van der Waals surface area contributed by atoms with Crippen LogP contribution in [-0.4, -0.2) is 26.5 Å². The number of benzene rings is 2. The van der Waals surface area contributed by atoms with Crippen molar-refractivity contribution in [2.75, 3.05) is 11.5 Å². The van der Waals surface area contributed by atoms with Crippen molar-refractivity contribution >= 4 is 11.6 Å². The molecule has 0 unspecified atom stereocenters. The van der Waals surface area contributed by atoms with Crippen molar-refractivity contribution in [2.24, 2.45) is 0 Å². The van der Waals surface area contributed by atoms with Crippen molar-refractivity contribution in [1.29, 1.82) is 10.5 Å². The maximum Gasteiger partial charge on any atom is 0.345 e. The van der Waals surface area contributed by atoms with E-state index in [0.717, 1.165) is 0 Å². The molecule has 2 aromatic carbocycles. The van der Waals surface area contributed by atoms with Crippen molar-refractivity contribution in [3.63, 3.8) is 0 Å². The Morgan fingerprint density at radius 1 is 1.21 bits per heavy atom. The zero-order valence-electron chi connectivity index (χ0n) is 17.5. The average molecular weight is 448 g/mol. The lowest BCUT2D eigenvalue weighted by Crippen LogP contribution is -2.35. The van der Waals surface area contributed by atoms with E-state index in [4.69, 9.17) is 0 Å². The second-order valence-electron chi connectivity index (χ2n) is 7.44. The summed E-state index contributed by atoms with van der Waals surface area (Å²) >= 11 is 0. The van der Waals surface area contributed by atoms with E-state index in [1.165, 1.54) is 27.7 Å². The second-order valence-corrected chi connectivity index (χ2v) is 7.44. The van der Waals surface area contributed by atoms with Gasteiger partial charge in [-0.25, -0.2) is 23.2 Å². The number of H-pyrrole nitrogens is 1. The summed E-state index contributed by atoms with van der Waals surface area (Å²) in [5, 5.41) is 35.4. The number of halogens is 2. The van der Waals surface area contributed by atoms with Gasteiger partial charge in [0, 0.05) is 23.6 Å². The van der Waals surface area contributed by atoms with Crippen LogP contribution in [0.4, 0.5) is 20.4 Å². The van der Waals surface area contributed by atoms with Crippen LogP contribution in [0, 0.1) is 22.7 Å². The third-order valence-corrected chi connectivity index (χ3v) is 5.59. The number of aromatic amines is 1. The minimum absolute atomic E-state index is 0.132. The van der Waals surface area contributed by atoms with Crippen LogP contribution >= 0.6 is 0 Å². The lowest BCUT2D eigenvalue weighted by molar-refractivity contribution is 0.151. The lowest BCUT2D eigenvalue weighted by Gasteiger charge is -2.35. The number of fused-ring (bicyclic) bond motifs is 1. The first-order chi connectivity index (χ1) is 15.9. The first-order valence-electron chi connectivity index (χ1n) is 10.0. The molecule has 1 aliphatic heterocycles. The molecule has 8 nitrogen and oxygen atoms in total. The van der Waals surface area contributed by atoms with Gasteiger partial charge in [0.25, 0.3) is 6.43 Å². The highest BCUT2D eigenvalue weighted by atomic mass is 19.3. The van der Waals surface area contributed by atoms with Crippen LogP contribution in [0.1, 0.15) is 41.6 Å². The van der Waals surface area contributed by atoms with Gasteiger partial charge in [-0.2, -0.15) is 10.5 Å². The van der Waals surface area contributed by atoms with Crippen LogP contribution in [0.15, 0.2) is 58.5 Å². The molecule has 0 saturated carbocycles. The van der Waals surface area contributed by atoms with E-state index in [9.17, 15) is 29.2 Å². The number of nitriles is 2. The molecule has 10 heteroatoms. The van der Waals surface area contributed by atoms with Crippen LogP contribution in [0.2, 0.25) is 0 Å². The van der Waals surface area contributed by atoms with Gasteiger partial charge in [0.05, 0.1) is 23.3 Å². The molecule has 4 rings (SSSR count). The molecule has 3 aromatic rings. The molecule has 33 heavy (non-hydrogen) atoms. The summed E-state index contributed by atoms with van der Waals surface area (Å²) in [6.07, 6.45) is -2.48. The molecule has 2 heterocycles. The van der Waals surface area contributed by atoms with E-state index in [1.807, 2.05) is 6.07 Å². The van der Waals surface area contributed by atoms with E-state index >= 15 is 0 Å². The summed E-state index contributed by atoms with van der Waals surface area (Å²) in [7, 11) is 0. The fourth-order valence-corrected chi connectivity index (χ4v) is 4.11. The Morgan fingerprint density at radius 3 is 2.67 bits per heavy atom. The molecule has 0 fully saturated rings. The smallest absolute Gasteiger partial charge is 0.345 e. The fraction of sp³-hybridized carbons (Fsp3) is 0.217. The van der Waals surface area contributed by atoms with Crippen LogP contribution in [0.5, 0.6) is 0 Å². The van der Waals surface area contributed by atoms with E-state index in [2.05, 4.69) is 16.3 Å². The predicted molar refractivity (Wildman–Crippen MR) is 115 cm³/mol. The predicted octanol–water partition coefficient (Wildman–Crippen LogP) is 3.45. The zero-order valence-corrected chi connectivity index (χ0v) is 17.5. The Bertz CT molecular complexity index is 1390. The summed E-state index contributed by atoms with van der Waals surface area (Å²) in [4.78, 5) is 14.3. The number of hydrogen-bond acceptors (Lipinski definition) is 6. The Balaban J connectivity index is 1.98. The summed E-state index contributed by atoms with van der Waals surface area (Å²) in [6, 6.07) is 13.8. The fourth-order valence-electron chi connectivity index (χ4n) is 4.11. The van der Waals surface area contributed by atoms with Gasteiger partial charge in [-0.3, -0.25) is 4.90 Å². The highest BCUT2D eigenvalue weighted by molar-refractivity contribution is 5.69. The molecule has 0 aliphatic carbocycles. The number of aliphatic hydroxyl groups excluding tert-OH is 1. The Morgan fingerprint density at radius 2 is 2.00 bits per heavy atom. The Hall–Kier alpha value is -4.28. The quantitative estimate of drug-likeness (QED) is 0.617. The maximum absolute atomic E-state index is 13.3. The van der Waals surface area contributed by atoms with Gasteiger partial charge < -0.3 is 5.11 Å². The minimum Gasteiger partial charge on any atom is -0.396 e. The zero-order chi connectivity index (χ0) is 23.7. The van der Waals surface area contributed by atoms with Gasteiger partial charge >= 0.3 is 5.69 Å². The molecular weight excluding hydrogens is 430 g/mol. The normalized spacial score (nSPS) is 15.4. The van der Waals surface area contributed by atoms with Crippen LogP contribution in [0.3, 0.4) is 0 Å². The molecule has 0 amide bonds.